The molecule has 5 unspecified atom stereocenters. The lowest BCUT2D eigenvalue weighted by Gasteiger charge is -2.45. The molecule has 3 heterocycles. The maximum atomic E-state index is 12.1. The summed E-state index contributed by atoms with van der Waals surface area (Å²) in [6.45, 7) is 3.40. The van der Waals surface area contributed by atoms with Crippen molar-refractivity contribution in [1.82, 2.24) is 0 Å². The first-order valence-corrected chi connectivity index (χ1v) is 10.7. The van der Waals surface area contributed by atoms with Crippen molar-refractivity contribution in [1.29, 1.82) is 0 Å². The van der Waals surface area contributed by atoms with Gasteiger partial charge < -0.3 is 43.4 Å². The molecule has 0 aromatic carbocycles. The monoisotopic (exact) mass is 475 g/mol. The average molecular weight is 475 g/mol. The highest BCUT2D eigenvalue weighted by atomic mass is 16.8. The van der Waals surface area contributed by atoms with Crippen LogP contribution in [0.5, 0.6) is 0 Å². The molecule has 0 radical (unpaired) electrons. The maximum absolute atomic E-state index is 12.1. The molecule has 3 saturated heterocycles. The number of ether oxygens (including phenoxy) is 7. The normalized spacial score (nSPS) is 40.0. The zero-order valence-electron chi connectivity index (χ0n) is 18.5. The van der Waals surface area contributed by atoms with E-state index >= 15 is 0 Å². The quantitative estimate of drug-likeness (QED) is 0.144. The van der Waals surface area contributed by atoms with Gasteiger partial charge in [-0.05, 0) is 12.0 Å². The van der Waals surface area contributed by atoms with Crippen molar-refractivity contribution in [3.8, 4) is 0 Å². The van der Waals surface area contributed by atoms with Gasteiger partial charge in [0.05, 0.1) is 13.7 Å². The molecule has 14 nitrogen and oxygen atoms in total. The van der Waals surface area contributed by atoms with Gasteiger partial charge in [0.1, 0.15) is 42.7 Å². The van der Waals surface area contributed by atoms with Gasteiger partial charge >= 0.3 is 11.9 Å². The highest BCUT2D eigenvalue weighted by Crippen LogP contribution is 2.36. The van der Waals surface area contributed by atoms with Crippen LogP contribution in [0.2, 0.25) is 0 Å². The molecule has 3 aliphatic rings. The second-order valence-electron chi connectivity index (χ2n) is 7.86. The third-order valence-electron chi connectivity index (χ3n) is 5.60. The van der Waals surface area contributed by atoms with Gasteiger partial charge in [-0.25, -0.2) is 4.79 Å². The molecule has 33 heavy (non-hydrogen) atoms. The zero-order chi connectivity index (χ0) is 24.1. The predicted molar refractivity (Wildman–Crippen MR) is 105 cm³/mol. The van der Waals surface area contributed by atoms with E-state index in [1.165, 1.54) is 6.92 Å². The number of esters is 2. The Hall–Kier alpha value is -2.03. The Bertz CT molecular complexity index is 748. The number of carbonyl (C=O) groups excluding carboxylic acids is 2. The smallest absolute Gasteiger partial charge is 0.337 e. The van der Waals surface area contributed by atoms with Gasteiger partial charge in [-0.15, -0.1) is 0 Å². The van der Waals surface area contributed by atoms with Gasteiger partial charge in [-0.1, -0.05) is 18.5 Å². The van der Waals surface area contributed by atoms with Crippen molar-refractivity contribution in [3.63, 3.8) is 0 Å². The summed E-state index contributed by atoms with van der Waals surface area (Å²) in [6, 6.07) is -1.06. The van der Waals surface area contributed by atoms with E-state index in [9.17, 15) is 19.8 Å². The third kappa shape index (κ3) is 5.55. The van der Waals surface area contributed by atoms with E-state index in [4.69, 9.17) is 34.0 Å². The first-order valence-electron chi connectivity index (χ1n) is 10.7. The molecule has 0 aliphatic carbocycles. The molecule has 186 valence electrons. The van der Waals surface area contributed by atoms with E-state index in [0.29, 0.717) is 6.42 Å². The number of methoxy groups -OCH3 is 1. The van der Waals surface area contributed by atoms with Crippen LogP contribution in [0, 0.1) is 0 Å². The third-order valence-corrected chi connectivity index (χ3v) is 5.60. The van der Waals surface area contributed by atoms with Crippen molar-refractivity contribution in [2.45, 2.75) is 88.0 Å². The maximum Gasteiger partial charge on any atom is 0.337 e. The fraction of sp³-hybridized carbons (Fsp3) is 0.895. The van der Waals surface area contributed by atoms with Crippen molar-refractivity contribution in [2.24, 2.45) is 5.11 Å². The van der Waals surface area contributed by atoms with Gasteiger partial charge in [0.15, 0.2) is 18.7 Å². The summed E-state index contributed by atoms with van der Waals surface area (Å²) in [5.74, 6) is -1.58. The standard InChI is InChI=1S/C19H29N3O11/c1-4-5-6-28-16-12(25)11(24)15(17(26)27-3)33-19(16)32-13-9-7-29-18(31-9)10(21-22-20)14(13)30-8(2)23/h9-16,18-19,24-25H,4-7H2,1-3H3/t9-,10+,11+,12?,13?,14+,15?,16?,18?,19-/m1/s1. The lowest BCUT2D eigenvalue weighted by Crippen LogP contribution is -2.64. The van der Waals surface area contributed by atoms with E-state index in [2.05, 4.69) is 14.8 Å². The van der Waals surface area contributed by atoms with E-state index < -0.39 is 73.3 Å². The lowest BCUT2D eigenvalue weighted by atomic mass is 9.96. The fourth-order valence-corrected chi connectivity index (χ4v) is 3.98. The Morgan fingerprint density at radius 2 is 1.94 bits per heavy atom. The van der Waals surface area contributed by atoms with Crippen LogP contribution in [-0.2, 0) is 42.7 Å². The predicted octanol–water partition coefficient (Wildman–Crippen LogP) is -0.458. The number of carbonyl (C=O) groups is 2. The second kappa shape index (κ2) is 11.4. The Morgan fingerprint density at radius 3 is 2.58 bits per heavy atom. The zero-order valence-corrected chi connectivity index (χ0v) is 18.5. The van der Waals surface area contributed by atoms with Crippen LogP contribution in [0.25, 0.3) is 10.4 Å². The topological polar surface area (TPSA) is 188 Å². The van der Waals surface area contributed by atoms with E-state index in [-0.39, 0.29) is 13.2 Å². The van der Waals surface area contributed by atoms with Gasteiger partial charge in [0.25, 0.3) is 0 Å². The minimum atomic E-state index is -1.63. The number of hydrogen-bond donors (Lipinski definition) is 2. The molecule has 2 bridgehead atoms. The molecular formula is C19H29N3O11. The van der Waals surface area contributed by atoms with Crippen LogP contribution in [0.15, 0.2) is 5.11 Å². The van der Waals surface area contributed by atoms with Crippen molar-refractivity contribution < 1.29 is 53.0 Å². The molecular weight excluding hydrogens is 446 g/mol. The van der Waals surface area contributed by atoms with E-state index in [0.717, 1.165) is 13.5 Å². The highest BCUT2D eigenvalue weighted by Gasteiger charge is 2.56. The second-order valence-corrected chi connectivity index (χ2v) is 7.86. The van der Waals surface area contributed by atoms with Crippen molar-refractivity contribution in [3.05, 3.63) is 10.4 Å². The van der Waals surface area contributed by atoms with Gasteiger partial charge in [-0.2, -0.15) is 0 Å². The Morgan fingerprint density at radius 1 is 1.18 bits per heavy atom. The summed E-state index contributed by atoms with van der Waals surface area (Å²) >= 11 is 0. The molecule has 0 aromatic rings. The largest absolute Gasteiger partial charge is 0.467 e. The number of azide groups is 1. The summed E-state index contributed by atoms with van der Waals surface area (Å²) in [4.78, 5) is 26.7. The van der Waals surface area contributed by atoms with Gasteiger partial charge in [0, 0.05) is 18.4 Å². The number of aliphatic hydroxyl groups excluding tert-OH is 2. The number of rotatable bonds is 9. The van der Waals surface area contributed by atoms with Gasteiger partial charge in [0.2, 0.25) is 0 Å². The molecule has 3 fully saturated rings. The molecule has 3 aliphatic heterocycles. The van der Waals surface area contributed by atoms with E-state index in [1.54, 1.807) is 0 Å². The molecule has 0 spiro atoms. The molecule has 14 heteroatoms. The summed E-state index contributed by atoms with van der Waals surface area (Å²) in [6.07, 6.45) is -9.70. The summed E-state index contributed by atoms with van der Waals surface area (Å²) < 4.78 is 38.7. The Balaban J connectivity index is 1.89. The minimum Gasteiger partial charge on any atom is -0.467 e. The highest BCUT2D eigenvalue weighted by molar-refractivity contribution is 5.75. The van der Waals surface area contributed by atoms with Crippen LogP contribution < -0.4 is 0 Å². The number of hydrogen-bond acceptors (Lipinski definition) is 12. The summed E-state index contributed by atoms with van der Waals surface area (Å²) in [5.41, 5.74) is 8.96. The number of nitrogens with zero attached hydrogens (tertiary/aromatic N) is 3. The lowest BCUT2D eigenvalue weighted by molar-refractivity contribution is -0.332. The van der Waals surface area contributed by atoms with E-state index in [1.807, 2.05) is 6.92 Å². The van der Waals surface area contributed by atoms with Crippen LogP contribution in [0.3, 0.4) is 0 Å². The summed E-state index contributed by atoms with van der Waals surface area (Å²) in [5, 5.41) is 24.7. The minimum absolute atomic E-state index is 0.0459. The Kier molecular flexibility index (Phi) is 8.84. The van der Waals surface area contributed by atoms with Crippen molar-refractivity contribution >= 4 is 11.9 Å². The first kappa shape index (κ1) is 25.6. The summed E-state index contributed by atoms with van der Waals surface area (Å²) in [7, 11) is 1.11. The number of unbranched alkanes of at least 4 members (excludes halogenated alkanes) is 1. The van der Waals surface area contributed by atoms with Gasteiger partial charge in [-0.3, -0.25) is 4.79 Å². The van der Waals surface area contributed by atoms with Crippen LogP contribution in [0.4, 0.5) is 0 Å². The molecule has 0 aromatic heterocycles. The molecule has 3 rings (SSSR count). The van der Waals surface area contributed by atoms with Crippen LogP contribution >= 0.6 is 0 Å². The molecule has 0 amide bonds. The SMILES string of the molecule is CCCCOC1C(O)[C@H](O)C(C(=O)OC)O[C@H]1OC1[C@@H](OC(C)=O)[C@H](N=[N+]=[N-])C2OC[C@H]1O2. The molecule has 10 atom stereocenters. The number of fused-ring (bicyclic) bond motifs is 2. The van der Waals surface area contributed by atoms with Crippen molar-refractivity contribution in [2.75, 3.05) is 20.3 Å². The number of aliphatic hydroxyl groups is 2. The van der Waals surface area contributed by atoms with Crippen LogP contribution in [-0.4, -0.2) is 104 Å². The first-order chi connectivity index (χ1) is 15.8. The molecule has 2 N–H and O–H groups in total. The fourth-order valence-electron chi connectivity index (χ4n) is 3.98. The average Bonchev–Trinajstić information content (AvgIpc) is 3.22. The van der Waals surface area contributed by atoms with Crippen LogP contribution in [0.1, 0.15) is 26.7 Å². The molecule has 0 saturated carbocycles. The Labute approximate surface area is 189 Å².